The molecule has 0 atom stereocenters. The van der Waals surface area contributed by atoms with Crippen LogP contribution in [-0.2, 0) is 38.9 Å². The summed E-state index contributed by atoms with van der Waals surface area (Å²) in [6, 6.07) is 6.72. The maximum absolute atomic E-state index is 12.9. The smallest absolute Gasteiger partial charge is 0.243 e. The Bertz CT molecular complexity index is 922. The third-order valence-electron chi connectivity index (χ3n) is 4.59. The molecular formula is C19H26N4O5S. The minimum atomic E-state index is -3.63. The van der Waals surface area contributed by atoms with E-state index in [1.807, 2.05) is 6.92 Å². The number of hydrogen-bond acceptors (Lipinski definition) is 7. The molecule has 3 rings (SSSR count). The molecule has 158 valence electrons. The van der Waals surface area contributed by atoms with E-state index in [2.05, 4.69) is 15.5 Å². The molecule has 9 nitrogen and oxygen atoms in total. The van der Waals surface area contributed by atoms with E-state index < -0.39 is 10.0 Å². The van der Waals surface area contributed by atoms with Crippen LogP contribution in [0, 0.1) is 0 Å². The highest BCUT2D eigenvalue weighted by Crippen LogP contribution is 2.21. The van der Waals surface area contributed by atoms with Gasteiger partial charge in [0.2, 0.25) is 21.8 Å². The number of aromatic nitrogens is 2. The van der Waals surface area contributed by atoms with Gasteiger partial charge in [-0.25, -0.2) is 8.42 Å². The van der Waals surface area contributed by atoms with Gasteiger partial charge in [0.1, 0.15) is 0 Å². The van der Waals surface area contributed by atoms with Gasteiger partial charge in [-0.2, -0.15) is 9.29 Å². The third-order valence-corrected chi connectivity index (χ3v) is 6.59. The molecule has 0 unspecified atom stereocenters. The van der Waals surface area contributed by atoms with Gasteiger partial charge in [-0.3, -0.25) is 4.79 Å². The molecule has 1 aromatic heterocycles. The summed E-state index contributed by atoms with van der Waals surface area (Å²) in [5.74, 6) is 0.864. The van der Waals surface area contributed by atoms with E-state index in [0.717, 1.165) is 12.8 Å². The van der Waals surface area contributed by atoms with Crippen molar-refractivity contribution in [2.45, 2.75) is 44.0 Å². The fourth-order valence-corrected chi connectivity index (χ4v) is 4.68. The van der Waals surface area contributed by atoms with E-state index in [-0.39, 0.29) is 23.8 Å². The molecule has 29 heavy (non-hydrogen) atoms. The quantitative estimate of drug-likeness (QED) is 0.647. The van der Waals surface area contributed by atoms with Crippen molar-refractivity contribution in [2.24, 2.45) is 0 Å². The summed E-state index contributed by atoms with van der Waals surface area (Å²) >= 11 is 0. The van der Waals surface area contributed by atoms with Gasteiger partial charge in [0.15, 0.2) is 5.82 Å². The molecule has 2 heterocycles. The second-order valence-corrected chi connectivity index (χ2v) is 8.66. The Morgan fingerprint density at radius 1 is 1.21 bits per heavy atom. The zero-order valence-electron chi connectivity index (χ0n) is 16.5. The minimum absolute atomic E-state index is 0.128. The Kier molecular flexibility index (Phi) is 7.34. The van der Waals surface area contributed by atoms with E-state index in [0.29, 0.717) is 50.0 Å². The number of benzene rings is 1. The number of morpholine rings is 1. The number of sulfonamides is 1. The van der Waals surface area contributed by atoms with Crippen LogP contribution in [0.2, 0.25) is 0 Å². The van der Waals surface area contributed by atoms with Gasteiger partial charge in [0, 0.05) is 38.9 Å². The van der Waals surface area contributed by atoms with Gasteiger partial charge in [0.25, 0.3) is 0 Å². The Morgan fingerprint density at radius 2 is 1.97 bits per heavy atom. The summed E-state index contributed by atoms with van der Waals surface area (Å²) in [5, 5.41) is 6.64. The van der Waals surface area contributed by atoms with Crippen molar-refractivity contribution >= 4 is 15.9 Å². The normalized spacial score (nSPS) is 15.3. The van der Waals surface area contributed by atoms with Crippen molar-refractivity contribution in [1.29, 1.82) is 0 Å². The lowest BCUT2D eigenvalue weighted by Crippen LogP contribution is -2.41. The van der Waals surface area contributed by atoms with Gasteiger partial charge in [-0.15, -0.1) is 0 Å². The lowest BCUT2D eigenvalue weighted by Gasteiger charge is -2.27. The molecule has 0 radical (unpaired) electrons. The maximum Gasteiger partial charge on any atom is 0.243 e. The molecule has 1 fully saturated rings. The molecule has 1 N–H and O–H groups in total. The van der Waals surface area contributed by atoms with Crippen LogP contribution >= 0.6 is 0 Å². The number of hydrogen-bond donors (Lipinski definition) is 1. The predicted molar refractivity (Wildman–Crippen MR) is 104 cm³/mol. The van der Waals surface area contributed by atoms with Crippen LogP contribution in [-0.4, -0.2) is 55.1 Å². The number of carbonyl (C=O) groups is 1. The molecule has 0 bridgehead atoms. The zero-order chi connectivity index (χ0) is 20.7. The number of nitrogens with zero attached hydrogens (tertiary/aromatic N) is 3. The number of carbonyl (C=O) groups excluding carboxylic acids is 1. The molecule has 1 aromatic carbocycles. The summed E-state index contributed by atoms with van der Waals surface area (Å²) < 4.78 is 37.7. The zero-order valence-corrected chi connectivity index (χ0v) is 17.3. The van der Waals surface area contributed by atoms with Crippen LogP contribution in [0.15, 0.2) is 33.7 Å². The third kappa shape index (κ3) is 5.62. The standard InChI is InChI=1S/C19H26N4O5S/c1-2-5-17-21-19(28-22-17)9-8-18(24)20-14-15-6-3-4-7-16(15)29(25,26)23-10-12-27-13-11-23/h3-4,6-7H,2,5,8-14H2,1H3,(H,20,24). The fourth-order valence-electron chi connectivity index (χ4n) is 3.05. The number of rotatable bonds is 9. The Hall–Kier alpha value is -2.30. The molecule has 1 aliphatic heterocycles. The van der Waals surface area contributed by atoms with Crippen LogP contribution in [0.1, 0.15) is 37.0 Å². The number of amides is 1. The summed E-state index contributed by atoms with van der Waals surface area (Å²) in [5.41, 5.74) is 0.551. The van der Waals surface area contributed by atoms with Crippen molar-refractivity contribution in [3.8, 4) is 0 Å². The van der Waals surface area contributed by atoms with E-state index in [1.54, 1.807) is 24.3 Å². The Labute approximate surface area is 170 Å². The average molecular weight is 423 g/mol. The minimum Gasteiger partial charge on any atom is -0.379 e. The predicted octanol–water partition coefficient (Wildman–Crippen LogP) is 1.29. The summed E-state index contributed by atoms with van der Waals surface area (Å²) in [6.07, 6.45) is 2.19. The second-order valence-electron chi connectivity index (χ2n) is 6.76. The number of aryl methyl sites for hydroxylation is 2. The van der Waals surface area contributed by atoms with Gasteiger partial charge in [-0.1, -0.05) is 30.3 Å². The average Bonchev–Trinajstić information content (AvgIpc) is 3.19. The molecule has 0 aliphatic carbocycles. The SMILES string of the molecule is CCCc1noc(CCC(=O)NCc2ccccc2S(=O)(=O)N2CCOCC2)n1. The van der Waals surface area contributed by atoms with E-state index in [9.17, 15) is 13.2 Å². The van der Waals surface area contributed by atoms with Gasteiger partial charge >= 0.3 is 0 Å². The molecule has 2 aromatic rings. The fraction of sp³-hybridized carbons (Fsp3) is 0.526. The van der Waals surface area contributed by atoms with Crippen molar-refractivity contribution < 1.29 is 22.5 Å². The van der Waals surface area contributed by atoms with E-state index >= 15 is 0 Å². The first-order chi connectivity index (χ1) is 14.0. The molecular weight excluding hydrogens is 396 g/mol. The molecule has 0 spiro atoms. The summed E-state index contributed by atoms with van der Waals surface area (Å²) in [4.78, 5) is 16.7. The van der Waals surface area contributed by atoms with Crippen LogP contribution in [0.25, 0.3) is 0 Å². The molecule has 1 amide bonds. The summed E-state index contributed by atoms with van der Waals surface area (Å²) in [7, 11) is -3.63. The first kappa shape index (κ1) is 21.4. The van der Waals surface area contributed by atoms with Gasteiger partial charge < -0.3 is 14.6 Å². The van der Waals surface area contributed by atoms with Gasteiger partial charge in [0.05, 0.1) is 18.1 Å². The van der Waals surface area contributed by atoms with Crippen LogP contribution in [0.3, 0.4) is 0 Å². The van der Waals surface area contributed by atoms with Gasteiger partial charge in [-0.05, 0) is 18.1 Å². The summed E-state index contributed by atoms with van der Waals surface area (Å²) in [6.45, 7) is 3.58. The first-order valence-electron chi connectivity index (χ1n) is 9.74. The van der Waals surface area contributed by atoms with E-state index in [4.69, 9.17) is 9.26 Å². The van der Waals surface area contributed by atoms with Crippen molar-refractivity contribution in [2.75, 3.05) is 26.3 Å². The van der Waals surface area contributed by atoms with Crippen molar-refractivity contribution in [3.63, 3.8) is 0 Å². The Balaban J connectivity index is 1.58. The van der Waals surface area contributed by atoms with Crippen molar-refractivity contribution in [1.82, 2.24) is 19.8 Å². The lowest BCUT2D eigenvalue weighted by molar-refractivity contribution is -0.121. The number of ether oxygens (including phenoxy) is 1. The highest BCUT2D eigenvalue weighted by atomic mass is 32.2. The van der Waals surface area contributed by atoms with Crippen LogP contribution < -0.4 is 5.32 Å². The van der Waals surface area contributed by atoms with Crippen molar-refractivity contribution in [3.05, 3.63) is 41.5 Å². The molecule has 1 saturated heterocycles. The highest BCUT2D eigenvalue weighted by Gasteiger charge is 2.28. The van der Waals surface area contributed by atoms with Crippen LogP contribution in [0.5, 0.6) is 0 Å². The molecule has 1 aliphatic rings. The monoisotopic (exact) mass is 422 g/mol. The lowest BCUT2D eigenvalue weighted by atomic mass is 10.2. The highest BCUT2D eigenvalue weighted by molar-refractivity contribution is 7.89. The topological polar surface area (TPSA) is 115 Å². The van der Waals surface area contributed by atoms with E-state index in [1.165, 1.54) is 4.31 Å². The Morgan fingerprint density at radius 3 is 2.72 bits per heavy atom. The maximum atomic E-state index is 12.9. The molecule has 10 heteroatoms. The second kappa shape index (κ2) is 9.95. The largest absolute Gasteiger partial charge is 0.379 e. The number of nitrogens with one attached hydrogen (secondary N) is 1. The molecule has 0 saturated carbocycles. The first-order valence-corrected chi connectivity index (χ1v) is 11.2. The van der Waals surface area contributed by atoms with Crippen LogP contribution in [0.4, 0.5) is 0 Å².